The van der Waals surface area contributed by atoms with E-state index in [1.807, 2.05) is 0 Å². The van der Waals surface area contributed by atoms with Crippen molar-refractivity contribution in [2.75, 3.05) is 11.9 Å². The van der Waals surface area contributed by atoms with E-state index in [0.29, 0.717) is 11.5 Å². The quantitative estimate of drug-likeness (QED) is 0.696. The Balaban J connectivity index is 2.22. The van der Waals surface area contributed by atoms with Crippen LogP contribution in [-0.4, -0.2) is 22.3 Å². The number of imidazole rings is 1. The Bertz CT molecular complexity index is 342. The van der Waals surface area contributed by atoms with Crippen molar-refractivity contribution in [3.8, 4) is 0 Å². The molecule has 0 spiro atoms. The topological polar surface area (TPSA) is 29.9 Å². The van der Waals surface area contributed by atoms with E-state index in [1.54, 1.807) is 11.6 Å². The fourth-order valence-electron chi connectivity index (χ4n) is 1.61. The molecule has 6 heteroatoms. The summed E-state index contributed by atoms with van der Waals surface area (Å²) in [6.45, 7) is -0.0595. The van der Waals surface area contributed by atoms with E-state index in [4.69, 9.17) is 0 Å². The third kappa shape index (κ3) is 1.44. The maximum atomic E-state index is 12.4. The summed E-state index contributed by atoms with van der Waals surface area (Å²) in [5, 5.41) is 2.75. The molecular weight excluding hydrogens is 195 g/mol. The van der Waals surface area contributed by atoms with Crippen LogP contribution in [0, 0.1) is 5.92 Å². The van der Waals surface area contributed by atoms with Crippen LogP contribution in [0.5, 0.6) is 0 Å². The molecule has 1 atom stereocenters. The fraction of sp³-hybridized carbons (Fsp3) is 0.625. The molecule has 1 aliphatic heterocycles. The van der Waals surface area contributed by atoms with Gasteiger partial charge in [-0.2, -0.15) is 13.2 Å². The number of alkyl halides is 3. The zero-order valence-electron chi connectivity index (χ0n) is 7.60. The first-order chi connectivity index (χ1) is 6.48. The summed E-state index contributed by atoms with van der Waals surface area (Å²) in [5.74, 6) is -0.615. The lowest BCUT2D eigenvalue weighted by Gasteiger charge is -2.25. The molecule has 0 radical (unpaired) electrons. The highest BCUT2D eigenvalue weighted by atomic mass is 19.4. The molecule has 14 heavy (non-hydrogen) atoms. The zero-order chi connectivity index (χ0) is 10.3. The summed E-state index contributed by atoms with van der Waals surface area (Å²) in [5.41, 5.74) is 0.501. The average molecular weight is 205 g/mol. The zero-order valence-corrected chi connectivity index (χ0v) is 7.60. The van der Waals surface area contributed by atoms with Crippen LogP contribution in [0.2, 0.25) is 0 Å². The van der Waals surface area contributed by atoms with E-state index in [2.05, 4.69) is 10.3 Å². The first-order valence-electron chi connectivity index (χ1n) is 4.29. The van der Waals surface area contributed by atoms with Gasteiger partial charge in [0, 0.05) is 20.0 Å². The van der Waals surface area contributed by atoms with E-state index in [-0.39, 0.29) is 13.0 Å². The molecule has 1 N–H and O–H groups in total. The smallest absolute Gasteiger partial charge is 0.369 e. The van der Waals surface area contributed by atoms with Gasteiger partial charge in [-0.3, -0.25) is 0 Å². The summed E-state index contributed by atoms with van der Waals surface area (Å²) >= 11 is 0. The summed E-state index contributed by atoms with van der Waals surface area (Å²) in [6.07, 6.45) is -2.63. The molecule has 0 amide bonds. The van der Waals surface area contributed by atoms with E-state index < -0.39 is 12.1 Å². The highest BCUT2D eigenvalue weighted by Gasteiger charge is 2.42. The van der Waals surface area contributed by atoms with Gasteiger partial charge in [0.25, 0.3) is 0 Å². The fourth-order valence-corrected chi connectivity index (χ4v) is 1.61. The molecule has 0 saturated carbocycles. The minimum atomic E-state index is -4.14. The van der Waals surface area contributed by atoms with Gasteiger partial charge in [0.2, 0.25) is 0 Å². The van der Waals surface area contributed by atoms with Crippen molar-refractivity contribution >= 4 is 5.82 Å². The van der Waals surface area contributed by atoms with E-state index in [0.717, 1.165) is 0 Å². The molecule has 78 valence electrons. The molecule has 0 aromatic carbocycles. The minimum Gasteiger partial charge on any atom is -0.369 e. The molecule has 0 saturated heterocycles. The molecule has 2 rings (SSSR count). The molecular formula is C8H10F3N3. The van der Waals surface area contributed by atoms with Crippen molar-refractivity contribution in [2.24, 2.45) is 13.0 Å². The van der Waals surface area contributed by atoms with E-state index in [1.165, 1.54) is 6.33 Å². The first kappa shape index (κ1) is 9.36. The number of aryl methyl sites for hydroxylation is 1. The summed E-state index contributed by atoms with van der Waals surface area (Å²) in [4.78, 5) is 3.92. The Morgan fingerprint density at radius 3 is 2.93 bits per heavy atom. The van der Waals surface area contributed by atoms with Gasteiger partial charge in [0.15, 0.2) is 0 Å². The number of nitrogens with zero attached hydrogens (tertiary/aromatic N) is 2. The van der Waals surface area contributed by atoms with Crippen LogP contribution in [0.3, 0.4) is 0 Å². The Morgan fingerprint density at radius 1 is 1.57 bits per heavy atom. The molecule has 0 bridgehead atoms. The van der Waals surface area contributed by atoms with Crippen molar-refractivity contribution in [1.82, 2.24) is 9.55 Å². The number of aromatic nitrogens is 2. The summed E-state index contributed by atoms with van der Waals surface area (Å²) in [7, 11) is 1.76. The third-order valence-electron chi connectivity index (χ3n) is 2.43. The predicted octanol–water partition coefficient (Wildman–Crippen LogP) is 1.57. The Hall–Kier alpha value is -1.20. The van der Waals surface area contributed by atoms with Crippen LogP contribution in [0.25, 0.3) is 0 Å². The third-order valence-corrected chi connectivity index (χ3v) is 2.43. The van der Waals surface area contributed by atoms with Crippen molar-refractivity contribution in [2.45, 2.75) is 12.6 Å². The lowest BCUT2D eigenvalue weighted by atomic mass is 9.99. The molecule has 3 nitrogen and oxygen atoms in total. The molecule has 0 unspecified atom stereocenters. The van der Waals surface area contributed by atoms with Gasteiger partial charge in [-0.05, 0) is 0 Å². The van der Waals surface area contributed by atoms with Gasteiger partial charge < -0.3 is 9.88 Å². The van der Waals surface area contributed by atoms with Crippen LogP contribution in [0.1, 0.15) is 5.69 Å². The van der Waals surface area contributed by atoms with Crippen LogP contribution in [0.15, 0.2) is 6.33 Å². The van der Waals surface area contributed by atoms with Crippen molar-refractivity contribution in [3.05, 3.63) is 12.0 Å². The van der Waals surface area contributed by atoms with Gasteiger partial charge in [-0.1, -0.05) is 0 Å². The molecule has 1 aromatic heterocycles. The lowest BCUT2D eigenvalue weighted by Crippen LogP contribution is -2.35. The second kappa shape index (κ2) is 2.90. The summed E-state index contributed by atoms with van der Waals surface area (Å²) < 4.78 is 38.8. The molecule has 0 aliphatic carbocycles. The molecule has 1 aliphatic rings. The normalized spacial score (nSPS) is 21.6. The Morgan fingerprint density at radius 2 is 2.29 bits per heavy atom. The number of nitrogens with one attached hydrogen (secondary N) is 1. The van der Waals surface area contributed by atoms with E-state index in [9.17, 15) is 13.2 Å². The van der Waals surface area contributed by atoms with Gasteiger partial charge in [0.1, 0.15) is 5.82 Å². The van der Waals surface area contributed by atoms with Crippen LogP contribution in [-0.2, 0) is 13.5 Å². The van der Waals surface area contributed by atoms with Gasteiger partial charge in [-0.25, -0.2) is 4.98 Å². The number of hydrogen-bond donors (Lipinski definition) is 1. The van der Waals surface area contributed by atoms with Gasteiger partial charge in [0.05, 0.1) is 17.9 Å². The SMILES string of the molecule is Cn1cnc2c1NC[C@H](C(F)(F)F)C2. The van der Waals surface area contributed by atoms with E-state index >= 15 is 0 Å². The lowest BCUT2D eigenvalue weighted by molar-refractivity contribution is -0.171. The molecule has 2 heterocycles. The maximum Gasteiger partial charge on any atom is 0.393 e. The highest BCUT2D eigenvalue weighted by molar-refractivity contribution is 5.44. The molecule has 0 fully saturated rings. The Labute approximate surface area is 78.9 Å². The van der Waals surface area contributed by atoms with Crippen LogP contribution in [0.4, 0.5) is 19.0 Å². The standard InChI is InChI=1S/C8H10F3N3/c1-14-4-13-6-2-5(8(9,10)11)3-12-7(6)14/h4-5,12H,2-3H2,1H3/t5-/m1/s1. The predicted molar refractivity (Wildman–Crippen MR) is 44.9 cm³/mol. The van der Waals surface area contributed by atoms with Crippen LogP contribution < -0.4 is 5.32 Å². The highest BCUT2D eigenvalue weighted by Crippen LogP contribution is 2.33. The number of fused-ring (bicyclic) bond motifs is 1. The number of rotatable bonds is 0. The average Bonchev–Trinajstić information content (AvgIpc) is 2.46. The van der Waals surface area contributed by atoms with Crippen LogP contribution >= 0.6 is 0 Å². The second-order valence-corrected chi connectivity index (χ2v) is 3.47. The second-order valence-electron chi connectivity index (χ2n) is 3.47. The number of anilines is 1. The maximum absolute atomic E-state index is 12.4. The number of halogens is 3. The number of hydrogen-bond acceptors (Lipinski definition) is 2. The van der Waals surface area contributed by atoms with Crippen molar-refractivity contribution in [3.63, 3.8) is 0 Å². The largest absolute Gasteiger partial charge is 0.393 e. The molecule has 1 aromatic rings. The monoisotopic (exact) mass is 205 g/mol. The van der Waals surface area contributed by atoms with Crippen molar-refractivity contribution < 1.29 is 13.2 Å². The van der Waals surface area contributed by atoms with Crippen molar-refractivity contribution in [1.29, 1.82) is 0 Å². The minimum absolute atomic E-state index is 0.0212. The van der Waals surface area contributed by atoms with Gasteiger partial charge in [-0.15, -0.1) is 0 Å². The Kier molecular flexibility index (Phi) is 1.94. The first-order valence-corrected chi connectivity index (χ1v) is 4.29. The van der Waals surface area contributed by atoms with Gasteiger partial charge >= 0.3 is 6.18 Å². The summed E-state index contributed by atoms with van der Waals surface area (Å²) in [6, 6.07) is 0.